The second-order valence-electron chi connectivity index (χ2n) is 5.81. The second-order valence-corrected chi connectivity index (χ2v) is 5.81. The van der Waals surface area contributed by atoms with Gasteiger partial charge in [0.2, 0.25) is 0 Å². The Kier molecular flexibility index (Phi) is 5.25. The van der Waals surface area contributed by atoms with Gasteiger partial charge in [-0.3, -0.25) is 4.90 Å². The standard InChI is InChI=1S/C13H26N2O2/c1-11-7-5-6-9-15(11)10-8-14-12(16)17-13(2,3)4/h11H,5-10H2,1-4H3,(H,14,16). The molecule has 0 radical (unpaired) electrons. The van der Waals surface area contributed by atoms with Crippen molar-refractivity contribution >= 4 is 6.09 Å². The Labute approximate surface area is 105 Å². The Bertz CT molecular complexity index is 248. The fraction of sp³-hybridized carbons (Fsp3) is 0.923. The van der Waals surface area contributed by atoms with E-state index in [1.807, 2.05) is 20.8 Å². The molecule has 17 heavy (non-hydrogen) atoms. The van der Waals surface area contributed by atoms with Crippen LogP contribution in [-0.2, 0) is 4.74 Å². The van der Waals surface area contributed by atoms with Crippen LogP contribution in [0.1, 0.15) is 47.0 Å². The molecule has 0 aromatic carbocycles. The maximum atomic E-state index is 11.4. The van der Waals surface area contributed by atoms with Gasteiger partial charge in [0.15, 0.2) is 0 Å². The van der Waals surface area contributed by atoms with Gasteiger partial charge < -0.3 is 10.1 Å². The van der Waals surface area contributed by atoms with Crippen molar-refractivity contribution in [1.29, 1.82) is 0 Å². The number of piperidine rings is 1. The van der Waals surface area contributed by atoms with Gasteiger partial charge in [0.05, 0.1) is 0 Å². The molecule has 1 rings (SSSR count). The highest BCUT2D eigenvalue weighted by Gasteiger charge is 2.19. The van der Waals surface area contributed by atoms with Crippen LogP contribution in [0.4, 0.5) is 4.79 Å². The van der Waals surface area contributed by atoms with Crippen molar-refractivity contribution in [2.45, 2.75) is 58.6 Å². The lowest BCUT2D eigenvalue weighted by Gasteiger charge is -2.33. The molecule has 100 valence electrons. The van der Waals surface area contributed by atoms with Crippen LogP contribution in [0, 0.1) is 0 Å². The minimum Gasteiger partial charge on any atom is -0.444 e. The summed E-state index contributed by atoms with van der Waals surface area (Å²) in [5.41, 5.74) is -0.414. The minimum absolute atomic E-state index is 0.317. The van der Waals surface area contributed by atoms with E-state index in [1.165, 1.54) is 19.3 Å². The number of likely N-dealkylation sites (tertiary alicyclic amines) is 1. The van der Waals surface area contributed by atoms with Crippen molar-refractivity contribution in [1.82, 2.24) is 10.2 Å². The summed E-state index contributed by atoms with van der Waals surface area (Å²) in [7, 11) is 0. The van der Waals surface area contributed by atoms with Gasteiger partial charge >= 0.3 is 6.09 Å². The lowest BCUT2D eigenvalue weighted by molar-refractivity contribution is 0.0515. The molecule has 1 heterocycles. The molecular formula is C13H26N2O2. The van der Waals surface area contributed by atoms with E-state index in [0.29, 0.717) is 12.6 Å². The van der Waals surface area contributed by atoms with Crippen LogP contribution in [0.15, 0.2) is 0 Å². The lowest BCUT2D eigenvalue weighted by Crippen LogP contribution is -2.43. The Balaban J connectivity index is 2.16. The Morgan fingerprint density at radius 2 is 2.12 bits per heavy atom. The van der Waals surface area contributed by atoms with E-state index < -0.39 is 5.60 Å². The predicted molar refractivity (Wildman–Crippen MR) is 69.1 cm³/mol. The van der Waals surface area contributed by atoms with Crippen molar-refractivity contribution < 1.29 is 9.53 Å². The summed E-state index contributed by atoms with van der Waals surface area (Å²) in [4.78, 5) is 13.9. The molecular weight excluding hydrogens is 216 g/mol. The molecule has 4 heteroatoms. The maximum Gasteiger partial charge on any atom is 0.407 e. The molecule has 0 saturated carbocycles. The number of hydrogen-bond donors (Lipinski definition) is 1. The Morgan fingerprint density at radius 3 is 2.71 bits per heavy atom. The van der Waals surface area contributed by atoms with E-state index in [0.717, 1.165) is 13.1 Å². The highest BCUT2D eigenvalue weighted by Crippen LogP contribution is 2.15. The first-order chi connectivity index (χ1) is 7.88. The summed E-state index contributed by atoms with van der Waals surface area (Å²) in [6, 6.07) is 0.643. The molecule has 1 atom stereocenters. The molecule has 0 aliphatic carbocycles. The third-order valence-electron chi connectivity index (χ3n) is 3.01. The van der Waals surface area contributed by atoms with Gasteiger partial charge in [-0.1, -0.05) is 6.42 Å². The SMILES string of the molecule is CC1CCCCN1CCNC(=O)OC(C)(C)C. The van der Waals surface area contributed by atoms with Crippen molar-refractivity contribution in [3.05, 3.63) is 0 Å². The van der Waals surface area contributed by atoms with Crippen LogP contribution < -0.4 is 5.32 Å². The summed E-state index contributed by atoms with van der Waals surface area (Å²) in [6.07, 6.45) is 3.56. The van der Waals surface area contributed by atoms with Crippen molar-refractivity contribution in [3.63, 3.8) is 0 Å². The van der Waals surface area contributed by atoms with E-state index >= 15 is 0 Å². The average molecular weight is 242 g/mol. The van der Waals surface area contributed by atoms with Gasteiger partial charge in [0, 0.05) is 19.1 Å². The number of nitrogens with one attached hydrogen (secondary N) is 1. The molecule has 1 N–H and O–H groups in total. The topological polar surface area (TPSA) is 41.6 Å². The van der Waals surface area contributed by atoms with Crippen LogP contribution in [0.3, 0.4) is 0 Å². The third kappa shape index (κ3) is 5.91. The molecule has 4 nitrogen and oxygen atoms in total. The summed E-state index contributed by atoms with van der Waals surface area (Å²) in [5.74, 6) is 0. The molecule has 1 unspecified atom stereocenters. The first kappa shape index (κ1) is 14.3. The van der Waals surface area contributed by atoms with Gasteiger partial charge in [0.1, 0.15) is 5.60 Å². The van der Waals surface area contributed by atoms with Gasteiger partial charge in [-0.05, 0) is 47.1 Å². The zero-order valence-electron chi connectivity index (χ0n) is 11.6. The molecule has 0 aromatic heterocycles. The van der Waals surface area contributed by atoms with E-state index in [1.54, 1.807) is 0 Å². The van der Waals surface area contributed by atoms with E-state index in [9.17, 15) is 4.79 Å². The van der Waals surface area contributed by atoms with E-state index in [2.05, 4.69) is 17.1 Å². The largest absolute Gasteiger partial charge is 0.444 e. The number of hydrogen-bond acceptors (Lipinski definition) is 3. The average Bonchev–Trinajstić information content (AvgIpc) is 2.18. The normalized spacial score (nSPS) is 22.2. The quantitative estimate of drug-likeness (QED) is 0.826. The molecule has 1 aliphatic rings. The minimum atomic E-state index is -0.414. The van der Waals surface area contributed by atoms with Gasteiger partial charge in [-0.25, -0.2) is 4.79 Å². The smallest absolute Gasteiger partial charge is 0.407 e. The molecule has 1 aliphatic heterocycles. The molecule has 1 amide bonds. The van der Waals surface area contributed by atoms with Crippen molar-refractivity contribution in [2.24, 2.45) is 0 Å². The number of carbonyl (C=O) groups excluding carboxylic acids is 1. The van der Waals surface area contributed by atoms with Crippen LogP contribution in [0.5, 0.6) is 0 Å². The summed E-state index contributed by atoms with van der Waals surface area (Å²) in [5, 5.41) is 2.80. The first-order valence-corrected chi connectivity index (χ1v) is 6.59. The van der Waals surface area contributed by atoms with E-state index in [-0.39, 0.29) is 6.09 Å². The number of rotatable bonds is 3. The van der Waals surface area contributed by atoms with E-state index in [4.69, 9.17) is 4.74 Å². The van der Waals surface area contributed by atoms with Crippen LogP contribution in [-0.4, -0.2) is 42.3 Å². The monoisotopic (exact) mass is 242 g/mol. The summed E-state index contributed by atoms with van der Waals surface area (Å²) in [6.45, 7) is 10.6. The number of alkyl carbamates (subject to hydrolysis) is 1. The van der Waals surface area contributed by atoms with Crippen molar-refractivity contribution in [2.75, 3.05) is 19.6 Å². The summed E-state index contributed by atoms with van der Waals surface area (Å²) >= 11 is 0. The highest BCUT2D eigenvalue weighted by atomic mass is 16.6. The maximum absolute atomic E-state index is 11.4. The first-order valence-electron chi connectivity index (χ1n) is 6.59. The molecule has 0 spiro atoms. The molecule has 0 bridgehead atoms. The molecule has 1 fully saturated rings. The summed E-state index contributed by atoms with van der Waals surface area (Å²) < 4.78 is 5.19. The zero-order chi connectivity index (χ0) is 12.9. The number of amides is 1. The van der Waals surface area contributed by atoms with Crippen LogP contribution in [0.2, 0.25) is 0 Å². The van der Waals surface area contributed by atoms with Crippen LogP contribution in [0.25, 0.3) is 0 Å². The van der Waals surface area contributed by atoms with Gasteiger partial charge in [0.25, 0.3) is 0 Å². The fourth-order valence-corrected chi connectivity index (χ4v) is 2.11. The van der Waals surface area contributed by atoms with Gasteiger partial charge in [-0.2, -0.15) is 0 Å². The van der Waals surface area contributed by atoms with Crippen LogP contribution >= 0.6 is 0 Å². The van der Waals surface area contributed by atoms with Gasteiger partial charge in [-0.15, -0.1) is 0 Å². The highest BCUT2D eigenvalue weighted by molar-refractivity contribution is 5.67. The molecule has 1 saturated heterocycles. The number of nitrogens with zero attached hydrogens (tertiary/aromatic N) is 1. The third-order valence-corrected chi connectivity index (χ3v) is 3.01. The Morgan fingerprint density at radius 1 is 1.41 bits per heavy atom. The fourth-order valence-electron chi connectivity index (χ4n) is 2.11. The number of ether oxygens (including phenoxy) is 1. The second kappa shape index (κ2) is 6.24. The molecule has 0 aromatic rings. The Hall–Kier alpha value is -0.770. The van der Waals surface area contributed by atoms with Crippen molar-refractivity contribution in [3.8, 4) is 0 Å². The number of carbonyl (C=O) groups is 1. The predicted octanol–water partition coefficient (Wildman–Crippen LogP) is 2.39. The lowest BCUT2D eigenvalue weighted by atomic mass is 10.0. The zero-order valence-corrected chi connectivity index (χ0v) is 11.6.